The highest BCUT2D eigenvalue weighted by Gasteiger charge is 2.52. The van der Waals surface area contributed by atoms with Crippen molar-refractivity contribution in [1.82, 2.24) is 15.8 Å². The summed E-state index contributed by atoms with van der Waals surface area (Å²) < 4.78 is 27.8. The van der Waals surface area contributed by atoms with Crippen molar-refractivity contribution >= 4 is 45.2 Å². The van der Waals surface area contributed by atoms with Crippen LogP contribution >= 0.6 is 11.6 Å². The van der Waals surface area contributed by atoms with E-state index in [0.717, 1.165) is 19.3 Å². The highest BCUT2D eigenvalue weighted by molar-refractivity contribution is 7.92. The molecule has 2 aromatic rings. The number of sulfonamides is 1. The molecule has 2 aliphatic rings. The Morgan fingerprint density at radius 1 is 1.03 bits per heavy atom. The van der Waals surface area contributed by atoms with Gasteiger partial charge in [-0.15, -0.1) is 0 Å². The van der Waals surface area contributed by atoms with E-state index in [4.69, 9.17) is 11.6 Å². The molecule has 3 N–H and O–H groups in total. The normalized spacial score (nSPS) is 17.8. The number of hydrogen-bond acceptors (Lipinski definition) is 5. The molecule has 1 spiro atoms. The Labute approximate surface area is 190 Å². The van der Waals surface area contributed by atoms with Crippen molar-refractivity contribution < 1.29 is 22.8 Å². The van der Waals surface area contributed by atoms with Crippen LogP contribution in [0.5, 0.6) is 0 Å². The van der Waals surface area contributed by atoms with Crippen LogP contribution in [0.25, 0.3) is 0 Å². The molecular formula is C21H21ClN4O5S. The molecule has 32 heavy (non-hydrogen) atoms. The maximum absolute atomic E-state index is 12.8. The van der Waals surface area contributed by atoms with Crippen molar-refractivity contribution in [3.8, 4) is 0 Å². The second kappa shape index (κ2) is 8.44. The summed E-state index contributed by atoms with van der Waals surface area (Å²) in [6.07, 6.45) is 3.66. The van der Waals surface area contributed by atoms with E-state index in [1.165, 1.54) is 36.4 Å². The van der Waals surface area contributed by atoms with Gasteiger partial charge in [0.05, 0.1) is 4.90 Å². The number of benzene rings is 2. The third-order valence-electron chi connectivity index (χ3n) is 5.59. The first kappa shape index (κ1) is 22.1. The molecular weight excluding hydrogens is 456 g/mol. The molecule has 9 nitrogen and oxygen atoms in total. The number of hydrazine groups is 1. The monoisotopic (exact) mass is 476 g/mol. The lowest BCUT2D eigenvalue weighted by molar-refractivity contribution is -0.134. The van der Waals surface area contributed by atoms with Crippen LogP contribution in [0, 0.1) is 0 Å². The molecule has 1 saturated carbocycles. The van der Waals surface area contributed by atoms with E-state index in [-0.39, 0.29) is 10.5 Å². The lowest BCUT2D eigenvalue weighted by Gasteiger charge is -2.30. The van der Waals surface area contributed by atoms with Crippen LogP contribution in [0.3, 0.4) is 0 Å². The minimum Gasteiger partial charge on any atom is -0.322 e. The Bertz CT molecular complexity index is 1180. The zero-order valence-electron chi connectivity index (χ0n) is 16.9. The van der Waals surface area contributed by atoms with Crippen LogP contribution in [0.2, 0.25) is 5.02 Å². The largest absolute Gasteiger partial charge is 0.344 e. The fourth-order valence-corrected chi connectivity index (χ4v) is 5.15. The van der Waals surface area contributed by atoms with Gasteiger partial charge in [-0.2, -0.15) is 5.01 Å². The van der Waals surface area contributed by atoms with Gasteiger partial charge in [0.1, 0.15) is 5.54 Å². The number of rotatable bonds is 5. The summed E-state index contributed by atoms with van der Waals surface area (Å²) in [7, 11) is -3.99. The number of carbonyl (C=O) groups excluding carboxylic acids is 3. The van der Waals surface area contributed by atoms with Gasteiger partial charge in [0.2, 0.25) is 0 Å². The zero-order chi connectivity index (χ0) is 22.9. The third kappa shape index (κ3) is 4.28. The van der Waals surface area contributed by atoms with Gasteiger partial charge in [-0.25, -0.2) is 13.2 Å². The van der Waals surface area contributed by atoms with Gasteiger partial charge in [0, 0.05) is 16.3 Å². The van der Waals surface area contributed by atoms with Crippen molar-refractivity contribution in [2.75, 3.05) is 4.72 Å². The topological polar surface area (TPSA) is 125 Å². The van der Waals surface area contributed by atoms with E-state index < -0.39 is 33.4 Å². The van der Waals surface area contributed by atoms with Gasteiger partial charge < -0.3 is 5.32 Å². The molecule has 0 bridgehead atoms. The molecule has 0 atom stereocenters. The lowest BCUT2D eigenvalue weighted by atomic mass is 9.82. The first-order chi connectivity index (χ1) is 15.2. The maximum atomic E-state index is 12.8. The molecule has 4 rings (SSSR count). The van der Waals surface area contributed by atoms with Gasteiger partial charge in [-0.1, -0.05) is 36.9 Å². The van der Waals surface area contributed by atoms with E-state index in [9.17, 15) is 22.8 Å². The molecule has 168 valence electrons. The molecule has 1 aliphatic carbocycles. The summed E-state index contributed by atoms with van der Waals surface area (Å²) in [6.45, 7) is 0. The van der Waals surface area contributed by atoms with Gasteiger partial charge in [-0.05, 0) is 55.3 Å². The highest BCUT2D eigenvalue weighted by Crippen LogP contribution is 2.33. The number of nitrogens with one attached hydrogen (secondary N) is 3. The first-order valence-corrected chi connectivity index (χ1v) is 11.9. The molecule has 1 saturated heterocycles. The smallest absolute Gasteiger partial charge is 0.322 e. The molecule has 0 aromatic heterocycles. The number of imide groups is 1. The summed E-state index contributed by atoms with van der Waals surface area (Å²) in [6, 6.07) is 10.7. The van der Waals surface area contributed by atoms with E-state index in [1.807, 2.05) is 0 Å². The Hall–Kier alpha value is -3.11. The number of nitrogens with zero attached hydrogens (tertiary/aromatic N) is 1. The highest BCUT2D eigenvalue weighted by atomic mass is 35.5. The number of halogens is 1. The van der Waals surface area contributed by atoms with Crippen LogP contribution in [-0.4, -0.2) is 36.8 Å². The number of anilines is 1. The van der Waals surface area contributed by atoms with Crippen molar-refractivity contribution in [2.45, 2.75) is 42.5 Å². The first-order valence-electron chi connectivity index (χ1n) is 10.1. The SMILES string of the molecule is O=C(NN1C(=O)NC2(CCCCC2)C1=O)c1cccc(S(=O)(=O)Nc2ccc(Cl)cc2)c1. The second-order valence-corrected chi connectivity index (χ2v) is 9.91. The Kier molecular flexibility index (Phi) is 5.83. The van der Waals surface area contributed by atoms with Crippen molar-refractivity contribution in [2.24, 2.45) is 0 Å². The maximum Gasteiger partial charge on any atom is 0.344 e. The summed E-state index contributed by atoms with van der Waals surface area (Å²) in [5.74, 6) is -1.27. The Balaban J connectivity index is 1.50. The minimum absolute atomic E-state index is 0.0193. The molecule has 2 aromatic carbocycles. The van der Waals surface area contributed by atoms with E-state index in [0.29, 0.717) is 28.6 Å². The van der Waals surface area contributed by atoms with Gasteiger partial charge in [0.15, 0.2) is 0 Å². The van der Waals surface area contributed by atoms with E-state index >= 15 is 0 Å². The third-order valence-corrected chi connectivity index (χ3v) is 7.22. The molecule has 1 heterocycles. The number of hydrogen-bond donors (Lipinski definition) is 3. The van der Waals surface area contributed by atoms with Crippen LogP contribution in [-0.2, 0) is 14.8 Å². The Morgan fingerprint density at radius 2 is 1.72 bits per heavy atom. The average molecular weight is 477 g/mol. The molecule has 11 heteroatoms. The molecule has 0 radical (unpaired) electrons. The van der Waals surface area contributed by atoms with Gasteiger partial charge in [0.25, 0.3) is 21.8 Å². The molecule has 4 amide bonds. The van der Waals surface area contributed by atoms with Crippen LogP contribution in [0.4, 0.5) is 10.5 Å². The van der Waals surface area contributed by atoms with Crippen molar-refractivity contribution in [1.29, 1.82) is 0 Å². The van der Waals surface area contributed by atoms with Crippen molar-refractivity contribution in [3.63, 3.8) is 0 Å². The minimum atomic E-state index is -3.99. The summed E-state index contributed by atoms with van der Waals surface area (Å²) in [5.41, 5.74) is 1.62. The summed E-state index contributed by atoms with van der Waals surface area (Å²) in [4.78, 5) is 37.7. The second-order valence-electron chi connectivity index (χ2n) is 7.79. The predicted molar refractivity (Wildman–Crippen MR) is 117 cm³/mol. The van der Waals surface area contributed by atoms with Gasteiger partial charge in [-0.3, -0.25) is 19.7 Å². The summed E-state index contributed by atoms with van der Waals surface area (Å²) in [5, 5.41) is 3.84. The lowest BCUT2D eigenvalue weighted by Crippen LogP contribution is -2.50. The fourth-order valence-electron chi connectivity index (χ4n) is 3.92. The van der Waals surface area contributed by atoms with Crippen LogP contribution in [0.1, 0.15) is 42.5 Å². The van der Waals surface area contributed by atoms with Crippen LogP contribution < -0.4 is 15.5 Å². The molecule has 2 fully saturated rings. The van der Waals surface area contributed by atoms with Crippen molar-refractivity contribution in [3.05, 3.63) is 59.1 Å². The van der Waals surface area contributed by atoms with Gasteiger partial charge >= 0.3 is 6.03 Å². The summed E-state index contributed by atoms with van der Waals surface area (Å²) >= 11 is 5.82. The Morgan fingerprint density at radius 3 is 2.41 bits per heavy atom. The number of carbonyl (C=O) groups is 3. The predicted octanol–water partition coefficient (Wildman–Crippen LogP) is 3.04. The standard InChI is InChI=1S/C21H21ClN4O5S/c22-15-7-9-16(10-8-15)25-32(30,31)17-6-4-5-14(13-17)18(27)24-26-19(28)21(23-20(26)29)11-2-1-3-12-21/h4-10,13,25H,1-3,11-12H2,(H,23,29)(H,24,27). The van der Waals surface area contributed by atoms with E-state index in [2.05, 4.69) is 15.5 Å². The van der Waals surface area contributed by atoms with E-state index in [1.54, 1.807) is 12.1 Å². The quantitative estimate of drug-likeness (QED) is 0.572. The molecule has 1 aliphatic heterocycles. The average Bonchev–Trinajstić information content (AvgIpc) is 2.99. The number of amides is 4. The zero-order valence-corrected chi connectivity index (χ0v) is 18.5. The van der Waals surface area contributed by atoms with Crippen LogP contribution in [0.15, 0.2) is 53.4 Å². The number of urea groups is 1. The fraction of sp³-hybridized carbons (Fsp3) is 0.286. The molecule has 0 unspecified atom stereocenters.